The van der Waals surface area contributed by atoms with E-state index in [0.29, 0.717) is 12.1 Å². The van der Waals surface area contributed by atoms with Gasteiger partial charge >= 0.3 is 12.5 Å². The summed E-state index contributed by atoms with van der Waals surface area (Å²) in [5, 5.41) is 14.6. The maximum Gasteiger partial charge on any atom is 0.573 e. The second-order valence-electron chi connectivity index (χ2n) is 5.93. The topological polar surface area (TPSA) is 70.6 Å². The van der Waals surface area contributed by atoms with E-state index in [1.807, 2.05) is 0 Å². The molecule has 24 heavy (non-hydrogen) atoms. The zero-order valence-electron chi connectivity index (χ0n) is 13.1. The number of hydrogen-bond acceptors (Lipinski definition) is 3. The number of nitrogens with one attached hydrogen (secondary N) is 2. The first-order chi connectivity index (χ1) is 11.3. The van der Waals surface area contributed by atoms with Crippen LogP contribution in [-0.2, 0) is 6.54 Å². The van der Waals surface area contributed by atoms with Gasteiger partial charge in [-0.2, -0.15) is 0 Å². The summed E-state index contributed by atoms with van der Waals surface area (Å²) >= 11 is 0. The number of carboxylic acid groups (broad SMARTS) is 1. The minimum atomic E-state index is -4.69. The van der Waals surface area contributed by atoms with Crippen molar-refractivity contribution in [2.75, 3.05) is 0 Å². The summed E-state index contributed by atoms with van der Waals surface area (Å²) < 4.78 is 40.6. The Balaban J connectivity index is 1.83. The van der Waals surface area contributed by atoms with E-state index in [1.165, 1.54) is 18.2 Å². The van der Waals surface area contributed by atoms with Crippen LogP contribution in [-0.4, -0.2) is 29.6 Å². The second-order valence-corrected chi connectivity index (χ2v) is 5.93. The first kappa shape index (κ1) is 18.4. The average molecular weight is 346 g/mol. The first-order valence-corrected chi connectivity index (χ1v) is 7.89. The van der Waals surface area contributed by atoms with Crippen molar-refractivity contribution in [1.29, 1.82) is 0 Å². The van der Waals surface area contributed by atoms with E-state index in [1.54, 1.807) is 6.07 Å². The zero-order chi connectivity index (χ0) is 17.6. The number of carbonyl (C=O) groups is 1. The van der Waals surface area contributed by atoms with Crippen molar-refractivity contribution in [2.45, 2.75) is 57.1 Å². The second kappa shape index (κ2) is 8.23. The molecule has 1 aromatic carbocycles. The molecule has 0 aromatic heterocycles. The van der Waals surface area contributed by atoms with E-state index < -0.39 is 12.5 Å². The molecule has 1 aromatic rings. The third-order valence-corrected chi connectivity index (χ3v) is 4.02. The highest BCUT2D eigenvalue weighted by Gasteiger charge is 2.31. The number of benzene rings is 1. The van der Waals surface area contributed by atoms with Crippen LogP contribution in [0.3, 0.4) is 0 Å². The van der Waals surface area contributed by atoms with E-state index in [-0.39, 0.29) is 17.8 Å². The van der Waals surface area contributed by atoms with Crippen LogP contribution in [0, 0.1) is 0 Å². The molecule has 134 valence electrons. The fourth-order valence-electron chi connectivity index (χ4n) is 2.94. The molecule has 1 fully saturated rings. The Morgan fingerprint density at radius 3 is 2.62 bits per heavy atom. The molecular weight excluding hydrogens is 325 g/mol. The van der Waals surface area contributed by atoms with Gasteiger partial charge in [-0.25, -0.2) is 4.79 Å². The van der Waals surface area contributed by atoms with E-state index in [0.717, 1.165) is 32.1 Å². The van der Waals surface area contributed by atoms with Crippen LogP contribution in [0.4, 0.5) is 18.0 Å². The molecule has 3 N–H and O–H groups in total. The molecule has 0 heterocycles. The van der Waals surface area contributed by atoms with Crippen LogP contribution < -0.4 is 15.4 Å². The van der Waals surface area contributed by atoms with Gasteiger partial charge in [0.2, 0.25) is 0 Å². The van der Waals surface area contributed by atoms with Gasteiger partial charge in [0, 0.05) is 18.6 Å². The quantitative estimate of drug-likeness (QED) is 0.712. The van der Waals surface area contributed by atoms with Gasteiger partial charge in [0.1, 0.15) is 5.75 Å². The largest absolute Gasteiger partial charge is 0.573 e. The summed E-state index contributed by atoms with van der Waals surface area (Å²) in [7, 11) is 0. The van der Waals surface area contributed by atoms with Gasteiger partial charge in [-0.15, -0.1) is 13.2 Å². The monoisotopic (exact) mass is 346 g/mol. The van der Waals surface area contributed by atoms with Gasteiger partial charge in [-0.3, -0.25) is 0 Å². The molecule has 1 aliphatic rings. The minimum absolute atomic E-state index is 0.0298. The molecule has 0 aliphatic heterocycles. The Kier molecular flexibility index (Phi) is 6.30. The maximum atomic E-state index is 12.2. The van der Waals surface area contributed by atoms with Crippen LogP contribution in [0.15, 0.2) is 24.3 Å². The van der Waals surface area contributed by atoms with E-state index in [4.69, 9.17) is 5.11 Å². The van der Waals surface area contributed by atoms with E-state index >= 15 is 0 Å². The van der Waals surface area contributed by atoms with Gasteiger partial charge in [0.15, 0.2) is 0 Å². The van der Waals surface area contributed by atoms with Gasteiger partial charge < -0.3 is 20.5 Å². The third-order valence-electron chi connectivity index (χ3n) is 4.02. The summed E-state index contributed by atoms with van der Waals surface area (Å²) in [6.07, 6.45) is -1.51. The lowest BCUT2D eigenvalue weighted by atomic mass is 10.1. The molecule has 0 saturated heterocycles. The molecule has 2 unspecified atom stereocenters. The van der Waals surface area contributed by atoms with Crippen molar-refractivity contribution in [1.82, 2.24) is 10.6 Å². The predicted molar refractivity (Wildman–Crippen MR) is 81.8 cm³/mol. The molecule has 8 heteroatoms. The molecule has 1 saturated carbocycles. The first-order valence-electron chi connectivity index (χ1n) is 7.89. The van der Waals surface area contributed by atoms with Crippen molar-refractivity contribution < 1.29 is 27.8 Å². The summed E-state index contributed by atoms with van der Waals surface area (Å²) in [5.41, 5.74) is 0.709. The third kappa shape index (κ3) is 6.66. The predicted octanol–water partition coefficient (Wildman–Crippen LogP) is 3.64. The molecule has 0 radical (unpaired) electrons. The molecule has 0 bridgehead atoms. The highest BCUT2D eigenvalue weighted by molar-refractivity contribution is 5.64. The number of rotatable bonds is 5. The van der Waals surface area contributed by atoms with Gasteiger partial charge in [-0.05, 0) is 49.8 Å². The van der Waals surface area contributed by atoms with Crippen molar-refractivity contribution in [3.8, 4) is 5.75 Å². The standard InChI is InChI=1S/C16H21F3N2O3/c17-16(18,19)24-14-6-1-3-11(9-14)10-20-12-4-2-5-13(8-7-12)21-15(22)23/h1,3,6,9,12-13,20-21H,2,4-5,7-8,10H2,(H,22,23). The molecule has 5 nitrogen and oxygen atoms in total. The average Bonchev–Trinajstić information content (AvgIpc) is 2.68. The van der Waals surface area contributed by atoms with Crippen molar-refractivity contribution in [3.63, 3.8) is 0 Å². The number of ether oxygens (including phenoxy) is 1. The smallest absolute Gasteiger partial charge is 0.465 e. The normalized spacial score (nSPS) is 21.8. The van der Waals surface area contributed by atoms with Crippen LogP contribution in [0.25, 0.3) is 0 Å². The summed E-state index contributed by atoms with van der Waals surface area (Å²) in [5.74, 6) is -0.228. The number of amides is 1. The minimum Gasteiger partial charge on any atom is -0.465 e. The van der Waals surface area contributed by atoms with E-state index in [2.05, 4.69) is 15.4 Å². The van der Waals surface area contributed by atoms with Crippen molar-refractivity contribution in [3.05, 3.63) is 29.8 Å². The van der Waals surface area contributed by atoms with Crippen molar-refractivity contribution >= 4 is 6.09 Å². The number of hydrogen-bond donors (Lipinski definition) is 3. The fraction of sp³-hybridized carbons (Fsp3) is 0.562. The van der Waals surface area contributed by atoms with Crippen LogP contribution in [0.1, 0.15) is 37.7 Å². The van der Waals surface area contributed by atoms with Gasteiger partial charge in [0.25, 0.3) is 0 Å². The van der Waals surface area contributed by atoms with Crippen LogP contribution in [0.2, 0.25) is 0 Å². The van der Waals surface area contributed by atoms with Crippen molar-refractivity contribution in [2.24, 2.45) is 0 Å². The van der Waals surface area contributed by atoms with E-state index in [9.17, 15) is 18.0 Å². The molecule has 1 amide bonds. The van der Waals surface area contributed by atoms with Crippen LogP contribution in [0.5, 0.6) is 5.75 Å². The SMILES string of the molecule is O=C(O)NC1CCCC(NCc2cccc(OC(F)(F)F)c2)CC1. The summed E-state index contributed by atoms with van der Waals surface area (Å²) in [6, 6.07) is 6.09. The Morgan fingerprint density at radius 2 is 1.92 bits per heavy atom. The Bertz CT molecular complexity index is 552. The zero-order valence-corrected chi connectivity index (χ0v) is 13.1. The molecule has 2 atom stereocenters. The highest BCUT2D eigenvalue weighted by atomic mass is 19.4. The molecule has 2 rings (SSSR count). The van der Waals surface area contributed by atoms with Crippen LogP contribution >= 0.6 is 0 Å². The van der Waals surface area contributed by atoms with Gasteiger partial charge in [0.05, 0.1) is 0 Å². The summed E-state index contributed by atoms with van der Waals surface area (Å²) in [6.45, 7) is 0.441. The lowest BCUT2D eigenvalue weighted by molar-refractivity contribution is -0.274. The molecule has 0 spiro atoms. The van der Waals surface area contributed by atoms with Gasteiger partial charge in [-0.1, -0.05) is 12.1 Å². The summed E-state index contributed by atoms with van der Waals surface area (Å²) in [4.78, 5) is 10.7. The fourth-order valence-corrected chi connectivity index (χ4v) is 2.94. The highest BCUT2D eigenvalue weighted by Crippen LogP contribution is 2.24. The maximum absolute atomic E-state index is 12.2. The Morgan fingerprint density at radius 1 is 1.21 bits per heavy atom. The number of halogens is 3. The number of alkyl halides is 3. The lowest BCUT2D eigenvalue weighted by Crippen LogP contribution is -2.33. The molecule has 1 aliphatic carbocycles. The molecular formula is C16H21F3N2O3. The Labute approximate surface area is 138 Å². The Hall–Kier alpha value is -1.96. The lowest BCUT2D eigenvalue weighted by Gasteiger charge is -2.17.